The first kappa shape index (κ1) is 19.2. The summed E-state index contributed by atoms with van der Waals surface area (Å²) in [5.41, 5.74) is 6.89. The molecule has 3 aromatic rings. The third-order valence-electron chi connectivity index (χ3n) is 4.44. The third-order valence-corrected chi connectivity index (χ3v) is 4.44. The summed E-state index contributed by atoms with van der Waals surface area (Å²) in [6.07, 6.45) is 2.36. The maximum absolute atomic E-state index is 13.0. The number of nitrogen functional groups attached to an aromatic ring is 1. The predicted octanol–water partition coefficient (Wildman–Crippen LogP) is 4.03. The molecule has 0 radical (unpaired) electrons. The van der Waals surface area contributed by atoms with Crippen LogP contribution in [0.4, 0.5) is 5.69 Å². The number of hydrogen-bond acceptors (Lipinski definition) is 5. The number of pyridine rings is 1. The average Bonchev–Trinajstić information content (AvgIpc) is 2.72. The van der Waals surface area contributed by atoms with Crippen LogP contribution in [0.3, 0.4) is 0 Å². The van der Waals surface area contributed by atoms with Crippen molar-refractivity contribution in [3.63, 3.8) is 0 Å². The van der Waals surface area contributed by atoms with Crippen molar-refractivity contribution in [2.75, 3.05) is 5.73 Å². The van der Waals surface area contributed by atoms with Gasteiger partial charge in [-0.25, -0.2) is 4.79 Å². The monoisotopic (exact) mass is 378 g/mol. The number of nitrogens with two attached hydrogens (primary N) is 1. The number of allylic oxidation sites excluding steroid dienone is 2. The summed E-state index contributed by atoms with van der Waals surface area (Å²) < 4.78 is 12.9. The molecule has 2 N–H and O–H groups in total. The number of benzene rings is 2. The van der Waals surface area contributed by atoms with Crippen molar-refractivity contribution in [2.24, 2.45) is 7.05 Å². The smallest absolute Gasteiger partial charge is 0.343 e. The van der Waals surface area contributed by atoms with Crippen LogP contribution >= 0.6 is 0 Å². The lowest BCUT2D eigenvalue weighted by atomic mass is 10.1. The largest absolute Gasteiger partial charge is 0.452 e. The van der Waals surface area contributed by atoms with Crippen LogP contribution in [0.2, 0.25) is 0 Å². The van der Waals surface area contributed by atoms with Crippen molar-refractivity contribution in [3.8, 4) is 11.5 Å². The predicted molar refractivity (Wildman–Crippen MR) is 110 cm³/mol. The van der Waals surface area contributed by atoms with Gasteiger partial charge in [0.1, 0.15) is 5.76 Å². The van der Waals surface area contributed by atoms with Crippen molar-refractivity contribution < 1.29 is 14.3 Å². The Morgan fingerprint density at radius 2 is 1.82 bits per heavy atom. The second kappa shape index (κ2) is 8.00. The Bertz CT molecular complexity index is 1110. The zero-order chi connectivity index (χ0) is 20.3. The number of carbonyl (C=O) groups excluding carboxylic acids is 1. The van der Waals surface area contributed by atoms with Gasteiger partial charge in [0.15, 0.2) is 5.75 Å². The van der Waals surface area contributed by atoms with Crippen LogP contribution in [0, 0.1) is 0 Å². The van der Waals surface area contributed by atoms with E-state index in [9.17, 15) is 9.59 Å². The number of anilines is 1. The second-order valence-electron chi connectivity index (χ2n) is 6.27. The molecule has 3 rings (SSSR count). The fraction of sp³-hybridized carbons (Fsp3) is 0.182. The first-order chi connectivity index (χ1) is 13.5. The molecule has 6 heteroatoms. The summed E-state index contributed by atoms with van der Waals surface area (Å²) in [5.74, 6) is 0.0815. The van der Waals surface area contributed by atoms with E-state index in [1.165, 1.54) is 4.57 Å². The molecule has 0 fully saturated rings. The van der Waals surface area contributed by atoms with Crippen LogP contribution in [0.15, 0.2) is 65.2 Å². The summed E-state index contributed by atoms with van der Waals surface area (Å²) in [5, 5.41) is 0.558. The van der Waals surface area contributed by atoms with Gasteiger partial charge in [-0.1, -0.05) is 25.1 Å². The molecule has 2 aromatic carbocycles. The van der Waals surface area contributed by atoms with Crippen LogP contribution in [-0.2, 0) is 7.05 Å². The van der Waals surface area contributed by atoms with Gasteiger partial charge in [-0.05, 0) is 43.3 Å². The zero-order valence-electron chi connectivity index (χ0n) is 16.1. The number of fused-ring (bicyclic) bond motifs is 1. The van der Waals surface area contributed by atoms with E-state index < -0.39 is 11.5 Å². The first-order valence-corrected chi connectivity index (χ1v) is 8.98. The topological polar surface area (TPSA) is 83.5 Å². The molecule has 0 amide bonds. The maximum Gasteiger partial charge on any atom is 0.343 e. The van der Waals surface area contributed by atoms with Gasteiger partial charge in [-0.2, -0.15) is 0 Å². The van der Waals surface area contributed by atoms with Gasteiger partial charge in [0.2, 0.25) is 5.75 Å². The summed E-state index contributed by atoms with van der Waals surface area (Å²) in [4.78, 5) is 25.7. The van der Waals surface area contributed by atoms with E-state index in [1.54, 1.807) is 61.7 Å². The van der Waals surface area contributed by atoms with Crippen LogP contribution in [0.1, 0.15) is 30.6 Å². The molecule has 6 nitrogen and oxygen atoms in total. The number of ether oxygens (including phenoxy) is 2. The molecular weight excluding hydrogens is 356 g/mol. The lowest BCUT2D eigenvalue weighted by Gasteiger charge is -2.17. The summed E-state index contributed by atoms with van der Waals surface area (Å²) >= 11 is 0. The fourth-order valence-corrected chi connectivity index (χ4v) is 2.88. The molecule has 0 spiro atoms. The molecule has 0 aliphatic heterocycles. The molecule has 0 saturated heterocycles. The minimum Gasteiger partial charge on any atom is -0.452 e. The molecule has 144 valence electrons. The first-order valence-electron chi connectivity index (χ1n) is 8.98. The van der Waals surface area contributed by atoms with Crippen molar-refractivity contribution in [1.82, 2.24) is 4.57 Å². The van der Waals surface area contributed by atoms with E-state index in [-0.39, 0.29) is 11.5 Å². The number of aryl methyl sites for hydroxylation is 1. The molecule has 0 unspecified atom stereocenters. The second-order valence-corrected chi connectivity index (χ2v) is 6.27. The van der Waals surface area contributed by atoms with E-state index in [1.807, 2.05) is 13.8 Å². The lowest BCUT2D eigenvalue weighted by Crippen LogP contribution is -2.22. The molecule has 1 heterocycles. The quantitative estimate of drug-likeness (QED) is 0.412. The minimum absolute atomic E-state index is 0.0287. The number of hydrogen-bond donors (Lipinski definition) is 1. The standard InChI is InChI=1S/C22H22N2O4/c1-4-16(5-2)27-20-19(28-22(26)14-9-7-6-8-10-14)17-12-11-15(23)13-18(17)24(3)21(20)25/h4,6-13H,5,23H2,1-3H3. The molecule has 0 atom stereocenters. The fourth-order valence-electron chi connectivity index (χ4n) is 2.88. The van der Waals surface area contributed by atoms with E-state index in [0.29, 0.717) is 34.3 Å². The van der Waals surface area contributed by atoms with E-state index in [4.69, 9.17) is 15.2 Å². The van der Waals surface area contributed by atoms with Crippen LogP contribution in [0.5, 0.6) is 11.5 Å². The van der Waals surface area contributed by atoms with Crippen molar-refractivity contribution >= 4 is 22.6 Å². The highest BCUT2D eigenvalue weighted by Crippen LogP contribution is 2.35. The van der Waals surface area contributed by atoms with Gasteiger partial charge in [0.05, 0.1) is 11.1 Å². The molecule has 0 aliphatic carbocycles. The molecule has 1 aromatic heterocycles. The average molecular weight is 378 g/mol. The van der Waals surface area contributed by atoms with Crippen molar-refractivity contribution in [2.45, 2.75) is 20.3 Å². The van der Waals surface area contributed by atoms with Gasteiger partial charge in [0.25, 0.3) is 5.56 Å². The van der Waals surface area contributed by atoms with Crippen molar-refractivity contribution in [1.29, 1.82) is 0 Å². The van der Waals surface area contributed by atoms with Crippen LogP contribution in [0.25, 0.3) is 10.9 Å². The lowest BCUT2D eigenvalue weighted by molar-refractivity contribution is 0.0732. The van der Waals surface area contributed by atoms with Crippen LogP contribution in [-0.4, -0.2) is 10.5 Å². The zero-order valence-corrected chi connectivity index (χ0v) is 16.1. The highest BCUT2D eigenvalue weighted by atomic mass is 16.6. The molecule has 0 saturated carbocycles. The van der Waals surface area contributed by atoms with Gasteiger partial charge < -0.3 is 19.8 Å². The SMILES string of the molecule is CC=C(CC)Oc1c(OC(=O)c2ccccc2)c2ccc(N)cc2n(C)c1=O. The summed E-state index contributed by atoms with van der Waals surface area (Å²) in [7, 11) is 1.63. The van der Waals surface area contributed by atoms with Gasteiger partial charge in [0, 0.05) is 24.5 Å². The summed E-state index contributed by atoms with van der Waals surface area (Å²) in [6.45, 7) is 3.73. The Morgan fingerprint density at radius 3 is 2.46 bits per heavy atom. The number of aromatic nitrogens is 1. The van der Waals surface area contributed by atoms with Crippen molar-refractivity contribution in [3.05, 3.63) is 76.3 Å². The summed E-state index contributed by atoms with van der Waals surface area (Å²) in [6, 6.07) is 13.6. The molecule has 0 aliphatic rings. The Labute approximate surface area is 162 Å². The number of carbonyl (C=O) groups is 1. The van der Waals surface area contributed by atoms with E-state index in [2.05, 4.69) is 0 Å². The normalized spacial score (nSPS) is 11.5. The van der Waals surface area contributed by atoms with Gasteiger partial charge in [-0.3, -0.25) is 4.79 Å². The number of nitrogens with zero attached hydrogens (tertiary/aromatic N) is 1. The Balaban J connectivity index is 2.23. The molecule has 28 heavy (non-hydrogen) atoms. The van der Waals surface area contributed by atoms with E-state index >= 15 is 0 Å². The minimum atomic E-state index is -0.574. The van der Waals surface area contributed by atoms with E-state index in [0.717, 1.165) is 0 Å². The molecular formula is C22H22N2O4. The number of esters is 1. The maximum atomic E-state index is 13.0. The van der Waals surface area contributed by atoms with Gasteiger partial charge in [-0.15, -0.1) is 0 Å². The van der Waals surface area contributed by atoms with Crippen LogP contribution < -0.4 is 20.8 Å². The number of rotatable bonds is 5. The molecule has 0 bridgehead atoms. The van der Waals surface area contributed by atoms with Gasteiger partial charge >= 0.3 is 5.97 Å². The highest BCUT2D eigenvalue weighted by molar-refractivity contribution is 5.96. The Kier molecular flexibility index (Phi) is 5.49. The highest BCUT2D eigenvalue weighted by Gasteiger charge is 2.22. The Morgan fingerprint density at radius 1 is 1.11 bits per heavy atom. The Hall–Kier alpha value is -3.54. The third kappa shape index (κ3) is 3.62.